The highest BCUT2D eigenvalue weighted by molar-refractivity contribution is 9.10. The zero-order valence-electron chi connectivity index (χ0n) is 11.4. The van der Waals surface area contributed by atoms with Crippen LogP contribution >= 0.6 is 27.5 Å². The largest absolute Gasteiger partial charge is 0.438 e. The number of benzene rings is 1. The fourth-order valence-electron chi connectivity index (χ4n) is 1.60. The lowest BCUT2D eigenvalue weighted by Crippen LogP contribution is -2.22. The summed E-state index contributed by atoms with van der Waals surface area (Å²) in [6.07, 6.45) is 1.62. The van der Waals surface area contributed by atoms with Gasteiger partial charge in [-0.1, -0.05) is 37.6 Å². The van der Waals surface area contributed by atoms with Crippen LogP contribution < -0.4 is 10.1 Å². The van der Waals surface area contributed by atoms with Gasteiger partial charge < -0.3 is 10.1 Å². The summed E-state index contributed by atoms with van der Waals surface area (Å²) in [5, 5.41) is 3.96. The van der Waals surface area contributed by atoms with Crippen molar-refractivity contribution < 1.29 is 4.74 Å². The van der Waals surface area contributed by atoms with E-state index in [0.717, 1.165) is 15.8 Å². The summed E-state index contributed by atoms with van der Waals surface area (Å²) in [4.78, 5) is 4.20. The molecule has 0 aliphatic heterocycles. The molecule has 1 N–H and O–H groups in total. The second-order valence-electron chi connectivity index (χ2n) is 4.68. The molecular weight excluding hydrogens is 340 g/mol. The Morgan fingerprint density at radius 2 is 2.10 bits per heavy atom. The van der Waals surface area contributed by atoms with Gasteiger partial charge in [0.05, 0.1) is 9.50 Å². The van der Waals surface area contributed by atoms with Crippen LogP contribution in [0.4, 0.5) is 0 Å². The minimum absolute atomic E-state index is 0.395. The number of nitrogens with one attached hydrogen (secondary N) is 1. The van der Waals surface area contributed by atoms with E-state index in [0.29, 0.717) is 23.5 Å². The second kappa shape index (κ2) is 7.07. The van der Waals surface area contributed by atoms with Gasteiger partial charge in [-0.15, -0.1) is 0 Å². The summed E-state index contributed by atoms with van der Waals surface area (Å²) < 4.78 is 6.65. The van der Waals surface area contributed by atoms with Crippen LogP contribution in [-0.2, 0) is 6.54 Å². The maximum atomic E-state index is 6.15. The molecule has 0 radical (unpaired) electrons. The third kappa shape index (κ3) is 4.20. The summed E-state index contributed by atoms with van der Waals surface area (Å²) in [6.45, 7) is 4.87. The summed E-state index contributed by atoms with van der Waals surface area (Å²) in [7, 11) is 0. The van der Waals surface area contributed by atoms with Gasteiger partial charge in [0.1, 0.15) is 5.75 Å². The summed E-state index contributed by atoms with van der Waals surface area (Å²) in [5.41, 5.74) is 0.970. The standard InChI is InChI=1S/C15H16BrClN2O/c1-10(2)18-8-11-7-15(19-9-13(11)17)20-14-6-4-3-5-12(14)16/h3-7,9-10,18H,8H2,1-2H3. The Labute approximate surface area is 132 Å². The van der Waals surface area contributed by atoms with Crippen molar-refractivity contribution >= 4 is 27.5 Å². The van der Waals surface area contributed by atoms with Crippen LogP contribution in [-0.4, -0.2) is 11.0 Å². The van der Waals surface area contributed by atoms with Gasteiger partial charge >= 0.3 is 0 Å². The van der Waals surface area contributed by atoms with Crippen molar-refractivity contribution in [2.24, 2.45) is 0 Å². The van der Waals surface area contributed by atoms with E-state index in [1.165, 1.54) is 0 Å². The number of nitrogens with zero attached hydrogens (tertiary/aromatic N) is 1. The van der Waals surface area contributed by atoms with Crippen LogP contribution in [0.25, 0.3) is 0 Å². The average Bonchev–Trinajstić information content (AvgIpc) is 2.42. The summed E-state index contributed by atoms with van der Waals surface area (Å²) >= 11 is 9.59. The van der Waals surface area contributed by atoms with Gasteiger partial charge in [-0.05, 0) is 33.6 Å². The molecule has 1 heterocycles. The Balaban J connectivity index is 2.17. The quantitative estimate of drug-likeness (QED) is 0.837. The lowest BCUT2D eigenvalue weighted by atomic mass is 10.2. The van der Waals surface area contributed by atoms with Crippen molar-refractivity contribution in [2.45, 2.75) is 26.4 Å². The molecule has 0 spiro atoms. The van der Waals surface area contributed by atoms with Gasteiger partial charge in [-0.2, -0.15) is 0 Å². The molecule has 5 heteroatoms. The maximum absolute atomic E-state index is 6.15. The van der Waals surface area contributed by atoms with Gasteiger partial charge in [0.15, 0.2) is 0 Å². The minimum Gasteiger partial charge on any atom is -0.438 e. The highest BCUT2D eigenvalue weighted by Crippen LogP contribution is 2.29. The third-order valence-corrected chi connectivity index (χ3v) is 3.66. The van der Waals surface area contributed by atoms with Crippen molar-refractivity contribution in [3.8, 4) is 11.6 Å². The molecule has 1 aromatic carbocycles. The van der Waals surface area contributed by atoms with Crippen molar-refractivity contribution in [2.75, 3.05) is 0 Å². The molecule has 0 atom stereocenters. The number of pyridine rings is 1. The van der Waals surface area contributed by atoms with Crippen LogP contribution in [0, 0.1) is 0 Å². The predicted molar refractivity (Wildman–Crippen MR) is 85.4 cm³/mol. The monoisotopic (exact) mass is 354 g/mol. The Bertz CT molecular complexity index is 590. The Kier molecular flexibility index (Phi) is 5.40. The number of hydrogen-bond acceptors (Lipinski definition) is 3. The first-order chi connectivity index (χ1) is 9.56. The number of para-hydroxylation sites is 1. The molecule has 0 amide bonds. The van der Waals surface area contributed by atoms with E-state index in [4.69, 9.17) is 16.3 Å². The van der Waals surface area contributed by atoms with Crippen LogP contribution in [0.3, 0.4) is 0 Å². The fourth-order valence-corrected chi connectivity index (χ4v) is 2.14. The van der Waals surface area contributed by atoms with E-state index in [1.807, 2.05) is 30.3 Å². The summed E-state index contributed by atoms with van der Waals surface area (Å²) in [5.74, 6) is 1.26. The first-order valence-corrected chi connectivity index (χ1v) is 7.53. The number of aromatic nitrogens is 1. The van der Waals surface area contributed by atoms with Crippen LogP contribution in [0.5, 0.6) is 11.6 Å². The first kappa shape index (κ1) is 15.3. The van der Waals surface area contributed by atoms with Crippen molar-refractivity contribution in [1.82, 2.24) is 10.3 Å². The van der Waals surface area contributed by atoms with E-state index in [2.05, 4.69) is 40.1 Å². The first-order valence-electron chi connectivity index (χ1n) is 6.36. The smallest absolute Gasteiger partial charge is 0.219 e. The zero-order chi connectivity index (χ0) is 14.5. The Morgan fingerprint density at radius 3 is 2.80 bits per heavy atom. The molecule has 3 nitrogen and oxygen atoms in total. The second-order valence-corrected chi connectivity index (χ2v) is 5.94. The molecule has 0 saturated heterocycles. The average molecular weight is 356 g/mol. The lowest BCUT2D eigenvalue weighted by molar-refractivity contribution is 0.458. The summed E-state index contributed by atoms with van der Waals surface area (Å²) in [6, 6.07) is 9.91. The number of rotatable bonds is 5. The van der Waals surface area contributed by atoms with Gasteiger partial charge in [-0.3, -0.25) is 0 Å². The molecule has 2 aromatic rings. The van der Waals surface area contributed by atoms with Crippen molar-refractivity contribution in [3.05, 3.63) is 51.6 Å². The Morgan fingerprint density at radius 1 is 1.35 bits per heavy atom. The van der Waals surface area contributed by atoms with Crippen molar-refractivity contribution in [3.63, 3.8) is 0 Å². The molecule has 106 valence electrons. The van der Waals surface area contributed by atoms with Crippen LogP contribution in [0.2, 0.25) is 5.02 Å². The lowest BCUT2D eigenvalue weighted by Gasteiger charge is -2.11. The van der Waals surface area contributed by atoms with E-state index in [9.17, 15) is 0 Å². The fraction of sp³-hybridized carbons (Fsp3) is 0.267. The molecule has 1 aromatic heterocycles. The number of hydrogen-bond donors (Lipinski definition) is 1. The number of halogens is 2. The minimum atomic E-state index is 0.395. The number of ether oxygens (including phenoxy) is 1. The van der Waals surface area contributed by atoms with E-state index in [-0.39, 0.29) is 0 Å². The van der Waals surface area contributed by atoms with E-state index >= 15 is 0 Å². The maximum Gasteiger partial charge on any atom is 0.219 e. The van der Waals surface area contributed by atoms with Gasteiger partial charge in [-0.25, -0.2) is 4.98 Å². The van der Waals surface area contributed by atoms with Gasteiger partial charge in [0.25, 0.3) is 0 Å². The highest BCUT2D eigenvalue weighted by Gasteiger charge is 2.07. The SMILES string of the molecule is CC(C)NCc1cc(Oc2ccccc2Br)ncc1Cl. The van der Waals surface area contributed by atoms with Gasteiger partial charge in [0, 0.05) is 24.8 Å². The zero-order valence-corrected chi connectivity index (χ0v) is 13.7. The topological polar surface area (TPSA) is 34.1 Å². The molecule has 0 unspecified atom stereocenters. The predicted octanol–water partition coefficient (Wildman–Crippen LogP) is 4.79. The van der Waals surface area contributed by atoms with Gasteiger partial charge in [0.2, 0.25) is 5.88 Å². The van der Waals surface area contributed by atoms with E-state index < -0.39 is 0 Å². The normalized spacial score (nSPS) is 10.8. The van der Waals surface area contributed by atoms with Crippen molar-refractivity contribution in [1.29, 1.82) is 0 Å². The molecule has 0 saturated carbocycles. The van der Waals surface area contributed by atoms with Crippen LogP contribution in [0.15, 0.2) is 41.0 Å². The molecule has 0 aliphatic rings. The molecule has 0 aliphatic carbocycles. The highest BCUT2D eigenvalue weighted by atomic mass is 79.9. The van der Waals surface area contributed by atoms with Crippen LogP contribution in [0.1, 0.15) is 19.4 Å². The third-order valence-electron chi connectivity index (χ3n) is 2.66. The Hall–Kier alpha value is -1.10. The van der Waals surface area contributed by atoms with E-state index in [1.54, 1.807) is 6.20 Å². The molecule has 0 bridgehead atoms. The molecule has 0 fully saturated rings. The molecular formula is C15H16BrClN2O. The molecule has 20 heavy (non-hydrogen) atoms. The molecule has 2 rings (SSSR count).